The third-order valence-electron chi connectivity index (χ3n) is 3.58. The Morgan fingerprint density at radius 1 is 1.19 bits per heavy atom. The number of hydrogen-bond donors (Lipinski definition) is 1. The van der Waals surface area contributed by atoms with Crippen LogP contribution in [0.5, 0.6) is 0 Å². The molecule has 3 rings (SSSR count). The third-order valence-corrected chi connectivity index (χ3v) is 5.32. The smallest absolute Gasteiger partial charge is 0.311 e. The van der Waals surface area contributed by atoms with Crippen molar-refractivity contribution < 1.29 is 14.3 Å². The molecule has 27 heavy (non-hydrogen) atoms. The molecule has 0 spiro atoms. The van der Waals surface area contributed by atoms with Gasteiger partial charge >= 0.3 is 5.97 Å². The first kappa shape index (κ1) is 19.3. The summed E-state index contributed by atoms with van der Waals surface area (Å²) in [5.74, 6) is 0.193. The molecule has 1 amide bonds. The molecule has 0 bridgehead atoms. The number of carbonyl (C=O) groups is 2. The number of pyridine rings is 1. The molecule has 0 saturated heterocycles. The monoisotopic (exact) mass is 401 g/mol. The number of para-hydroxylation sites is 1. The number of anilines is 1. The van der Waals surface area contributed by atoms with E-state index in [1.165, 1.54) is 11.3 Å². The lowest BCUT2D eigenvalue weighted by Gasteiger charge is -2.03. The van der Waals surface area contributed by atoms with Crippen LogP contribution in [0.4, 0.5) is 5.13 Å². The van der Waals surface area contributed by atoms with Gasteiger partial charge in [0.15, 0.2) is 5.13 Å². The molecule has 1 N–H and O–H groups in total. The van der Waals surface area contributed by atoms with E-state index < -0.39 is 0 Å². The van der Waals surface area contributed by atoms with E-state index in [1.807, 2.05) is 36.4 Å². The highest BCUT2D eigenvalue weighted by molar-refractivity contribution is 7.99. The first-order valence-electron chi connectivity index (χ1n) is 8.52. The van der Waals surface area contributed by atoms with Gasteiger partial charge in [0.25, 0.3) is 0 Å². The van der Waals surface area contributed by atoms with Gasteiger partial charge in [-0.15, -0.1) is 23.1 Å². The molecule has 0 unspecified atom stereocenters. The van der Waals surface area contributed by atoms with Gasteiger partial charge in [0.05, 0.1) is 29.3 Å². The number of esters is 1. The molecule has 0 atom stereocenters. The van der Waals surface area contributed by atoms with Gasteiger partial charge in [-0.05, 0) is 19.1 Å². The van der Waals surface area contributed by atoms with Crippen molar-refractivity contribution in [3.63, 3.8) is 0 Å². The molecule has 6 nitrogen and oxygen atoms in total. The van der Waals surface area contributed by atoms with Crippen LogP contribution < -0.4 is 5.32 Å². The Labute approximate surface area is 165 Å². The van der Waals surface area contributed by atoms with E-state index in [9.17, 15) is 9.59 Å². The van der Waals surface area contributed by atoms with E-state index in [-0.39, 0.29) is 18.3 Å². The minimum absolute atomic E-state index is 0.111. The first-order chi connectivity index (χ1) is 13.1. The second-order valence-corrected chi connectivity index (χ2v) is 7.59. The van der Waals surface area contributed by atoms with Crippen molar-refractivity contribution in [2.24, 2.45) is 0 Å². The number of thioether (sulfide) groups is 1. The lowest BCUT2D eigenvalue weighted by molar-refractivity contribution is -0.142. The predicted molar refractivity (Wildman–Crippen MR) is 108 cm³/mol. The normalized spacial score (nSPS) is 10.7. The van der Waals surface area contributed by atoms with Crippen LogP contribution in [-0.4, -0.2) is 34.2 Å². The number of rotatable bonds is 8. The number of carbonyl (C=O) groups excluding carboxylic acids is 2. The van der Waals surface area contributed by atoms with Crippen LogP contribution in [-0.2, 0) is 20.7 Å². The highest BCUT2D eigenvalue weighted by Crippen LogP contribution is 2.21. The Morgan fingerprint density at radius 2 is 2.04 bits per heavy atom. The Morgan fingerprint density at radius 3 is 2.89 bits per heavy atom. The Bertz CT molecular complexity index is 943. The summed E-state index contributed by atoms with van der Waals surface area (Å²) in [5, 5.41) is 7.00. The molecule has 0 fully saturated rings. The fourth-order valence-electron chi connectivity index (χ4n) is 2.36. The third kappa shape index (κ3) is 5.77. The topological polar surface area (TPSA) is 81.2 Å². The summed E-state index contributed by atoms with van der Waals surface area (Å²) in [7, 11) is 0. The maximum Gasteiger partial charge on any atom is 0.311 e. The summed E-state index contributed by atoms with van der Waals surface area (Å²) >= 11 is 2.84. The lowest BCUT2D eigenvalue weighted by atomic mass is 10.2. The quantitative estimate of drug-likeness (QED) is 0.455. The number of nitrogens with one attached hydrogen (secondary N) is 1. The summed E-state index contributed by atoms with van der Waals surface area (Å²) in [6.45, 7) is 2.10. The van der Waals surface area contributed by atoms with Crippen LogP contribution in [0.2, 0.25) is 0 Å². The SMILES string of the molecule is CCOC(=O)Cc1csc(NC(=O)CCSc2ccc3ccccc3n2)n1. The molecular formula is C19H19N3O3S2. The van der Waals surface area contributed by atoms with Gasteiger partial charge in [-0.1, -0.05) is 24.3 Å². The molecule has 140 valence electrons. The van der Waals surface area contributed by atoms with E-state index in [0.717, 1.165) is 15.9 Å². The van der Waals surface area contributed by atoms with Crippen LogP contribution >= 0.6 is 23.1 Å². The zero-order valence-corrected chi connectivity index (χ0v) is 16.4. The number of ether oxygens (including phenoxy) is 1. The maximum atomic E-state index is 12.1. The number of aromatic nitrogens is 2. The summed E-state index contributed by atoms with van der Waals surface area (Å²) in [4.78, 5) is 32.3. The molecule has 0 aliphatic carbocycles. The number of hydrogen-bond acceptors (Lipinski definition) is 7. The molecular weight excluding hydrogens is 382 g/mol. The molecule has 0 radical (unpaired) electrons. The van der Waals surface area contributed by atoms with Crippen molar-refractivity contribution >= 4 is 51.0 Å². The average Bonchev–Trinajstić information content (AvgIpc) is 3.08. The van der Waals surface area contributed by atoms with Crippen molar-refractivity contribution in [2.45, 2.75) is 24.8 Å². The van der Waals surface area contributed by atoms with Crippen LogP contribution in [0.15, 0.2) is 46.8 Å². The molecule has 0 aliphatic rings. The molecule has 1 aromatic carbocycles. The Kier molecular flexibility index (Phi) is 6.78. The standard InChI is InChI=1S/C19H19N3O3S2/c1-2-25-18(24)11-14-12-27-19(20-14)22-16(23)9-10-26-17-8-7-13-5-3-4-6-15(13)21-17/h3-8,12H,2,9-11H2,1H3,(H,20,22,23). The van der Waals surface area contributed by atoms with Gasteiger partial charge in [-0.25, -0.2) is 9.97 Å². The number of fused-ring (bicyclic) bond motifs is 1. The number of benzene rings is 1. The molecule has 8 heteroatoms. The molecule has 0 saturated carbocycles. The van der Waals surface area contributed by atoms with Crippen molar-refractivity contribution in [3.05, 3.63) is 47.5 Å². The molecule has 3 aromatic rings. The minimum Gasteiger partial charge on any atom is -0.466 e. The second kappa shape index (κ2) is 9.48. The summed E-state index contributed by atoms with van der Waals surface area (Å²) in [6.07, 6.45) is 0.468. The van der Waals surface area contributed by atoms with Crippen LogP contribution in [0.3, 0.4) is 0 Å². The highest BCUT2D eigenvalue weighted by atomic mass is 32.2. The predicted octanol–water partition coefficient (Wildman–Crippen LogP) is 3.92. The average molecular weight is 402 g/mol. The zero-order valence-electron chi connectivity index (χ0n) is 14.8. The summed E-state index contributed by atoms with van der Waals surface area (Å²) in [5.41, 5.74) is 1.55. The van der Waals surface area contributed by atoms with Gasteiger partial charge in [-0.2, -0.15) is 0 Å². The largest absolute Gasteiger partial charge is 0.466 e. The first-order valence-corrected chi connectivity index (χ1v) is 10.4. The fourth-order valence-corrected chi connectivity index (χ4v) is 3.91. The maximum absolute atomic E-state index is 12.1. The van der Waals surface area contributed by atoms with E-state index in [4.69, 9.17) is 4.74 Å². The summed E-state index contributed by atoms with van der Waals surface area (Å²) in [6, 6.07) is 11.9. The van der Waals surface area contributed by atoms with Gasteiger partial charge in [0.2, 0.25) is 5.91 Å². The zero-order chi connectivity index (χ0) is 19.1. The van der Waals surface area contributed by atoms with Crippen molar-refractivity contribution in [3.8, 4) is 0 Å². The Hall–Kier alpha value is -2.45. The molecule has 2 heterocycles. The van der Waals surface area contributed by atoms with Gasteiger partial charge < -0.3 is 10.1 Å². The van der Waals surface area contributed by atoms with Crippen LogP contribution in [0.1, 0.15) is 19.0 Å². The van der Waals surface area contributed by atoms with E-state index in [1.54, 1.807) is 24.1 Å². The van der Waals surface area contributed by atoms with Crippen LogP contribution in [0, 0.1) is 0 Å². The summed E-state index contributed by atoms with van der Waals surface area (Å²) < 4.78 is 4.89. The highest BCUT2D eigenvalue weighted by Gasteiger charge is 2.10. The van der Waals surface area contributed by atoms with Gasteiger partial charge in [-0.3, -0.25) is 9.59 Å². The minimum atomic E-state index is -0.319. The fraction of sp³-hybridized carbons (Fsp3) is 0.263. The number of amides is 1. The van der Waals surface area contributed by atoms with Crippen molar-refractivity contribution in [2.75, 3.05) is 17.7 Å². The van der Waals surface area contributed by atoms with Gasteiger partial charge in [0, 0.05) is 22.9 Å². The van der Waals surface area contributed by atoms with E-state index in [2.05, 4.69) is 15.3 Å². The lowest BCUT2D eigenvalue weighted by Crippen LogP contribution is -2.12. The van der Waals surface area contributed by atoms with Crippen LogP contribution in [0.25, 0.3) is 10.9 Å². The van der Waals surface area contributed by atoms with Crippen molar-refractivity contribution in [1.82, 2.24) is 9.97 Å². The molecule has 2 aromatic heterocycles. The molecule has 0 aliphatic heterocycles. The van der Waals surface area contributed by atoms with E-state index in [0.29, 0.717) is 29.6 Å². The number of thiazole rings is 1. The van der Waals surface area contributed by atoms with Gasteiger partial charge in [0.1, 0.15) is 0 Å². The Balaban J connectivity index is 1.45. The number of nitrogens with zero attached hydrogens (tertiary/aromatic N) is 2. The van der Waals surface area contributed by atoms with Crippen molar-refractivity contribution in [1.29, 1.82) is 0 Å². The van der Waals surface area contributed by atoms with E-state index >= 15 is 0 Å². The second-order valence-electron chi connectivity index (χ2n) is 5.61.